The molecule has 2 unspecified atom stereocenters. The number of carbonyl (C=O) groups is 1. The minimum Gasteiger partial charge on any atom is -0.394 e. The van der Waals surface area contributed by atoms with E-state index in [9.17, 15) is 15.0 Å². The number of amides is 1. The van der Waals surface area contributed by atoms with Crippen LogP contribution in [0, 0.1) is 0 Å². The second-order valence-electron chi connectivity index (χ2n) is 20.7. The molecular weight excluding hydrogens is 879 g/mol. The van der Waals surface area contributed by atoms with Gasteiger partial charge in [0.2, 0.25) is 5.91 Å². The summed E-state index contributed by atoms with van der Waals surface area (Å²) in [7, 11) is 0. The summed E-state index contributed by atoms with van der Waals surface area (Å²) in [5.41, 5.74) is 0. The minimum absolute atomic E-state index is 0.0800. The average Bonchev–Trinajstić information content (AvgIpc) is 3.39. The van der Waals surface area contributed by atoms with Gasteiger partial charge >= 0.3 is 0 Å². The number of hydrogen-bond acceptors (Lipinski definition) is 3. The van der Waals surface area contributed by atoms with E-state index in [1.807, 2.05) is 6.08 Å². The number of rotatable bonds is 56. The molecule has 0 saturated carbocycles. The number of allylic oxidation sites excluding steroid dienone is 17. The van der Waals surface area contributed by atoms with E-state index in [0.717, 1.165) is 89.9 Å². The van der Waals surface area contributed by atoms with Crippen LogP contribution in [0.3, 0.4) is 0 Å². The monoisotopic (exact) mass is 998 g/mol. The molecule has 0 aromatic heterocycles. The van der Waals surface area contributed by atoms with E-state index in [2.05, 4.69) is 116 Å². The highest BCUT2D eigenvalue weighted by atomic mass is 16.3. The lowest BCUT2D eigenvalue weighted by Crippen LogP contribution is -2.45. The fourth-order valence-electron chi connectivity index (χ4n) is 9.08. The van der Waals surface area contributed by atoms with Crippen LogP contribution >= 0.6 is 0 Å². The van der Waals surface area contributed by atoms with Crippen LogP contribution in [-0.4, -0.2) is 34.9 Å². The van der Waals surface area contributed by atoms with Crippen molar-refractivity contribution < 1.29 is 15.0 Å². The third kappa shape index (κ3) is 57.9. The maximum absolute atomic E-state index is 12.5. The third-order valence-electron chi connectivity index (χ3n) is 13.8. The van der Waals surface area contributed by atoms with E-state index in [1.165, 1.54) is 186 Å². The molecule has 0 aliphatic heterocycles. The highest BCUT2D eigenvalue weighted by Crippen LogP contribution is 2.17. The molecule has 0 aliphatic rings. The zero-order valence-corrected chi connectivity index (χ0v) is 47.7. The van der Waals surface area contributed by atoms with E-state index < -0.39 is 12.1 Å². The number of aliphatic hydroxyl groups is 2. The molecule has 1 amide bonds. The van der Waals surface area contributed by atoms with Crippen LogP contribution in [-0.2, 0) is 4.79 Å². The Morgan fingerprint density at radius 1 is 0.347 bits per heavy atom. The molecule has 0 radical (unpaired) electrons. The van der Waals surface area contributed by atoms with Gasteiger partial charge in [0.15, 0.2) is 0 Å². The van der Waals surface area contributed by atoms with Crippen LogP contribution < -0.4 is 5.32 Å². The van der Waals surface area contributed by atoms with Gasteiger partial charge in [-0.25, -0.2) is 0 Å². The van der Waals surface area contributed by atoms with Gasteiger partial charge in [-0.3, -0.25) is 4.79 Å². The van der Waals surface area contributed by atoms with Crippen molar-refractivity contribution in [3.05, 3.63) is 109 Å². The van der Waals surface area contributed by atoms with E-state index in [4.69, 9.17) is 0 Å². The summed E-state index contributed by atoms with van der Waals surface area (Å²) in [6.45, 7) is 4.21. The highest BCUT2D eigenvalue weighted by Gasteiger charge is 2.18. The first-order valence-corrected chi connectivity index (χ1v) is 31.1. The Morgan fingerprint density at radius 2 is 0.611 bits per heavy atom. The van der Waals surface area contributed by atoms with Crippen LogP contribution in [0.2, 0.25) is 0 Å². The number of aliphatic hydroxyl groups excluding tert-OH is 2. The lowest BCUT2D eigenvalue weighted by Gasteiger charge is -2.20. The summed E-state index contributed by atoms with van der Waals surface area (Å²) >= 11 is 0. The Bertz CT molecular complexity index is 1360. The Morgan fingerprint density at radius 3 is 0.917 bits per heavy atom. The SMILES string of the molecule is CC/C=C\C/C=C\C/C=C\C/C=C\C/C=C\C/C=C\C/C=C\C/C=C\CCCCCCCCC(=O)NC(CO)C(O)/C=C/CCCCCCCCCCCCCCCCCCCCCCCCCCCCC. The Labute approximate surface area is 448 Å². The first-order chi connectivity index (χ1) is 35.7. The summed E-state index contributed by atoms with van der Waals surface area (Å²) in [4.78, 5) is 12.5. The van der Waals surface area contributed by atoms with Gasteiger partial charge < -0.3 is 15.5 Å². The summed E-state index contributed by atoms with van der Waals surface area (Å²) in [5, 5.41) is 23.2. The smallest absolute Gasteiger partial charge is 0.220 e. The molecule has 0 bridgehead atoms. The Hall–Kier alpha value is -2.95. The maximum atomic E-state index is 12.5. The van der Waals surface area contributed by atoms with Gasteiger partial charge in [0.1, 0.15) is 0 Å². The molecule has 3 N–H and O–H groups in total. The number of hydrogen-bond donors (Lipinski definition) is 3. The highest BCUT2D eigenvalue weighted by molar-refractivity contribution is 5.76. The predicted molar refractivity (Wildman–Crippen MR) is 322 cm³/mol. The molecule has 4 heteroatoms. The Balaban J connectivity index is 3.58. The molecular formula is C68H119NO3. The molecule has 0 rings (SSSR count). The molecule has 2 atom stereocenters. The maximum Gasteiger partial charge on any atom is 0.220 e. The topological polar surface area (TPSA) is 69.6 Å². The van der Waals surface area contributed by atoms with Gasteiger partial charge in [-0.05, 0) is 83.5 Å². The second kappa shape index (κ2) is 62.3. The van der Waals surface area contributed by atoms with Crippen molar-refractivity contribution in [3.63, 3.8) is 0 Å². The van der Waals surface area contributed by atoms with Gasteiger partial charge in [-0.1, -0.05) is 316 Å². The largest absolute Gasteiger partial charge is 0.394 e. The predicted octanol–water partition coefficient (Wildman–Crippen LogP) is 21.0. The van der Waals surface area contributed by atoms with E-state index in [-0.39, 0.29) is 12.5 Å². The lowest BCUT2D eigenvalue weighted by atomic mass is 10.0. The standard InChI is InChI=1S/C68H119NO3/c1-3-5-7-9-11-13-15-17-19-21-23-25-27-29-31-33-34-36-38-40-42-44-46-48-50-52-54-56-58-60-62-64-68(72)69-66(65-70)67(71)63-61-59-57-55-53-51-49-47-45-43-41-39-37-35-32-30-28-26-24-22-20-18-16-14-12-10-8-6-4-2/h5,7,11,13,17,19,23,25,29,31,34,36,40,42,46,48,61,63,66-67,70-71H,3-4,6,8-10,12,14-16,18,20-22,24,26-28,30,32-33,35,37-39,41,43-45,47,49-60,62,64-65H2,1-2H3,(H,69,72)/b7-5-,13-11-,19-17-,25-23-,31-29-,36-34-,42-40-,48-46-,63-61+. The van der Waals surface area contributed by atoms with Gasteiger partial charge in [0, 0.05) is 6.42 Å². The van der Waals surface area contributed by atoms with Crippen molar-refractivity contribution in [2.75, 3.05) is 6.61 Å². The zero-order chi connectivity index (χ0) is 52.0. The molecule has 0 spiro atoms. The zero-order valence-electron chi connectivity index (χ0n) is 47.7. The summed E-state index contributed by atoms with van der Waals surface area (Å²) < 4.78 is 0. The summed E-state index contributed by atoms with van der Waals surface area (Å²) in [6.07, 6.45) is 94.1. The molecule has 0 fully saturated rings. The van der Waals surface area contributed by atoms with E-state index >= 15 is 0 Å². The second-order valence-corrected chi connectivity index (χ2v) is 20.7. The fourth-order valence-corrected chi connectivity index (χ4v) is 9.08. The number of carbonyl (C=O) groups excluding carboxylic acids is 1. The molecule has 72 heavy (non-hydrogen) atoms. The molecule has 0 heterocycles. The van der Waals surface area contributed by atoms with Crippen LogP contribution in [0.15, 0.2) is 109 Å². The summed E-state index contributed by atoms with van der Waals surface area (Å²) in [6, 6.07) is -0.640. The van der Waals surface area contributed by atoms with E-state index in [1.54, 1.807) is 6.08 Å². The van der Waals surface area contributed by atoms with Crippen LogP contribution in [0.5, 0.6) is 0 Å². The van der Waals surface area contributed by atoms with Gasteiger partial charge in [-0.15, -0.1) is 0 Å². The molecule has 0 saturated heterocycles. The molecule has 414 valence electrons. The number of nitrogens with one attached hydrogen (secondary N) is 1. The van der Waals surface area contributed by atoms with Gasteiger partial charge in [0.25, 0.3) is 0 Å². The summed E-state index contributed by atoms with van der Waals surface area (Å²) in [5.74, 6) is -0.0800. The molecule has 4 nitrogen and oxygen atoms in total. The third-order valence-corrected chi connectivity index (χ3v) is 13.8. The van der Waals surface area contributed by atoms with Crippen molar-refractivity contribution in [2.45, 2.75) is 309 Å². The molecule has 0 aliphatic carbocycles. The minimum atomic E-state index is -0.855. The molecule has 0 aromatic rings. The van der Waals surface area contributed by atoms with E-state index in [0.29, 0.717) is 6.42 Å². The Kier molecular flexibility index (Phi) is 59.8. The van der Waals surface area contributed by atoms with Crippen molar-refractivity contribution in [3.8, 4) is 0 Å². The van der Waals surface area contributed by atoms with Gasteiger partial charge in [0.05, 0.1) is 18.8 Å². The fraction of sp³-hybridized carbons (Fsp3) is 0.721. The van der Waals surface area contributed by atoms with Crippen LogP contribution in [0.1, 0.15) is 296 Å². The van der Waals surface area contributed by atoms with Crippen molar-refractivity contribution in [2.24, 2.45) is 0 Å². The van der Waals surface area contributed by atoms with Crippen molar-refractivity contribution >= 4 is 5.91 Å². The first-order valence-electron chi connectivity index (χ1n) is 31.1. The lowest BCUT2D eigenvalue weighted by molar-refractivity contribution is -0.123. The average molecular weight is 999 g/mol. The van der Waals surface area contributed by atoms with Crippen molar-refractivity contribution in [1.82, 2.24) is 5.32 Å². The number of unbranched alkanes of at least 4 members (excludes halogenated alkanes) is 33. The quantitative estimate of drug-likeness (QED) is 0.0420. The van der Waals surface area contributed by atoms with Crippen molar-refractivity contribution in [1.29, 1.82) is 0 Å². The first kappa shape index (κ1) is 69.0. The normalized spacial score (nSPS) is 13.6. The van der Waals surface area contributed by atoms with Crippen LogP contribution in [0.25, 0.3) is 0 Å². The van der Waals surface area contributed by atoms with Gasteiger partial charge in [-0.2, -0.15) is 0 Å². The molecule has 0 aromatic carbocycles. The van der Waals surface area contributed by atoms with Crippen LogP contribution in [0.4, 0.5) is 0 Å².